The molecule has 0 fully saturated rings. The van der Waals surface area contributed by atoms with Crippen LogP contribution in [0, 0.1) is 11.8 Å². The first kappa shape index (κ1) is 26.2. The number of esters is 1. The van der Waals surface area contributed by atoms with E-state index >= 15 is 0 Å². The smallest absolute Gasteiger partial charge is 0.380 e. The molecule has 0 spiro atoms. The van der Waals surface area contributed by atoms with Crippen LogP contribution >= 0.6 is 0 Å². The second-order valence-electron chi connectivity index (χ2n) is 5.72. The molecule has 4 atom stereocenters. The van der Waals surface area contributed by atoms with Crippen LogP contribution in [0.15, 0.2) is 25.3 Å². The van der Waals surface area contributed by atoms with Crippen molar-refractivity contribution in [2.45, 2.75) is 37.1 Å². The molecular weight excluding hydrogens is 370 g/mol. The van der Waals surface area contributed by atoms with Crippen LogP contribution in [0.25, 0.3) is 0 Å². The van der Waals surface area contributed by atoms with Gasteiger partial charge in [0.2, 0.25) is 0 Å². The lowest BCUT2D eigenvalue weighted by Crippen LogP contribution is -2.52. The summed E-state index contributed by atoms with van der Waals surface area (Å²) in [5.74, 6) is 2.25. The predicted molar refractivity (Wildman–Crippen MR) is 102 cm³/mol. The van der Waals surface area contributed by atoms with Gasteiger partial charge in [-0.15, -0.1) is 13.2 Å². The molecule has 0 aromatic rings. The Bertz CT molecular complexity index is 542. The normalized spacial score (nSPS) is 15.7. The predicted octanol–water partition coefficient (Wildman–Crippen LogP) is -1.34. The largest absolute Gasteiger partial charge is 0.461 e. The summed E-state index contributed by atoms with van der Waals surface area (Å²) in [5, 5.41) is 39.4. The summed E-state index contributed by atoms with van der Waals surface area (Å²) in [4.78, 5) is 13.8. The van der Waals surface area contributed by atoms with Crippen LogP contribution in [0.1, 0.15) is 6.92 Å². The maximum Gasteiger partial charge on any atom is 0.380 e. The van der Waals surface area contributed by atoms with Gasteiger partial charge in [0.15, 0.2) is 0 Å². The molecule has 9 nitrogen and oxygen atoms in total. The Kier molecular flexibility index (Phi) is 12.6. The first-order chi connectivity index (χ1) is 13.3. The first-order valence-corrected chi connectivity index (χ1v) is 8.69. The summed E-state index contributed by atoms with van der Waals surface area (Å²) in [5.41, 5.74) is 0. The summed E-state index contributed by atoms with van der Waals surface area (Å²) in [6.07, 6.45) is -1.81. The number of hydrogen-bond donors (Lipinski definition) is 4. The van der Waals surface area contributed by atoms with E-state index in [0.29, 0.717) is 0 Å². The lowest BCUT2D eigenvalue weighted by molar-refractivity contribution is -0.206. The van der Waals surface area contributed by atoms with Gasteiger partial charge in [0.25, 0.3) is 0 Å². The number of aliphatic hydroxyl groups is 4. The van der Waals surface area contributed by atoms with Gasteiger partial charge < -0.3 is 34.6 Å². The molecule has 28 heavy (non-hydrogen) atoms. The van der Waals surface area contributed by atoms with E-state index in [1.165, 1.54) is 14.2 Å². The van der Waals surface area contributed by atoms with E-state index in [2.05, 4.69) is 25.0 Å². The first-order valence-electron chi connectivity index (χ1n) is 8.69. The van der Waals surface area contributed by atoms with Gasteiger partial charge >= 0.3 is 11.8 Å². The number of rotatable bonds is 13. The van der Waals surface area contributed by atoms with E-state index in [4.69, 9.17) is 19.3 Å². The average Bonchev–Trinajstić information content (AvgIpc) is 2.70. The quantitative estimate of drug-likeness (QED) is 0.128. The van der Waals surface area contributed by atoms with Crippen molar-refractivity contribution in [3.8, 4) is 11.8 Å². The van der Waals surface area contributed by atoms with E-state index in [1.807, 2.05) is 0 Å². The van der Waals surface area contributed by atoms with Gasteiger partial charge in [0.1, 0.15) is 24.4 Å². The molecule has 9 heteroatoms. The molecular formula is C19H31NO8. The van der Waals surface area contributed by atoms with Gasteiger partial charge in [-0.2, -0.15) is 0 Å². The van der Waals surface area contributed by atoms with Crippen LogP contribution in [-0.2, 0) is 19.0 Å². The number of hydrogen-bond acceptors (Lipinski definition) is 9. The zero-order valence-corrected chi connectivity index (χ0v) is 16.6. The summed E-state index contributed by atoms with van der Waals surface area (Å²) in [6, 6.07) is -1.09. The van der Waals surface area contributed by atoms with E-state index in [1.54, 1.807) is 24.0 Å². The summed E-state index contributed by atoms with van der Waals surface area (Å²) < 4.78 is 15.1. The topological polar surface area (TPSA) is 129 Å². The van der Waals surface area contributed by atoms with Crippen molar-refractivity contribution in [2.75, 3.05) is 40.5 Å². The molecule has 160 valence electrons. The third-order valence-electron chi connectivity index (χ3n) is 3.88. The summed E-state index contributed by atoms with van der Waals surface area (Å²) in [7, 11) is 2.41. The van der Waals surface area contributed by atoms with Gasteiger partial charge in [-0.05, 0) is 12.8 Å². The van der Waals surface area contributed by atoms with Crippen LogP contribution in [0.3, 0.4) is 0 Å². The Balaban J connectivity index is 6.11. The Morgan fingerprint density at radius 2 is 1.68 bits per heavy atom. The average molecular weight is 401 g/mol. The number of methoxy groups -OCH3 is 2. The van der Waals surface area contributed by atoms with Crippen LogP contribution in [0.4, 0.5) is 0 Å². The fourth-order valence-electron chi connectivity index (χ4n) is 2.35. The van der Waals surface area contributed by atoms with Crippen molar-refractivity contribution >= 4 is 5.97 Å². The zero-order chi connectivity index (χ0) is 21.7. The molecule has 0 heterocycles. The van der Waals surface area contributed by atoms with Crippen molar-refractivity contribution in [1.29, 1.82) is 0 Å². The minimum Gasteiger partial charge on any atom is -0.461 e. The highest BCUT2D eigenvalue weighted by Gasteiger charge is 2.40. The third kappa shape index (κ3) is 7.00. The van der Waals surface area contributed by atoms with Crippen molar-refractivity contribution in [2.24, 2.45) is 0 Å². The van der Waals surface area contributed by atoms with E-state index in [0.717, 1.165) is 0 Å². The van der Waals surface area contributed by atoms with Gasteiger partial charge in [-0.3, -0.25) is 4.90 Å². The van der Waals surface area contributed by atoms with Crippen molar-refractivity contribution < 1.29 is 39.4 Å². The lowest BCUT2D eigenvalue weighted by Gasteiger charge is -2.33. The maximum absolute atomic E-state index is 12.2. The standard InChI is InChI=1S/C19H31NO8/c1-6-11-20(12-7-2)14(16(23)17(24)15(22)13-21)9-10-19(26-4,27-5)18(25)28-8-3/h6-7,14-17,21-24H,1-2,8,11-13H2,3-5H3/t14?,15-,16-,17-/m1/s1. The van der Waals surface area contributed by atoms with Crippen LogP contribution in [0.2, 0.25) is 0 Å². The van der Waals surface area contributed by atoms with E-state index in [9.17, 15) is 20.1 Å². The number of carbonyl (C=O) groups is 1. The number of aliphatic hydroxyl groups excluding tert-OH is 4. The molecule has 0 bridgehead atoms. The highest BCUT2D eigenvalue weighted by Crippen LogP contribution is 2.16. The van der Waals surface area contributed by atoms with E-state index < -0.39 is 42.7 Å². The Hall–Kier alpha value is -1.77. The minimum atomic E-state index is -2.04. The highest BCUT2D eigenvalue weighted by molar-refractivity contribution is 5.82. The Morgan fingerprint density at radius 3 is 2.07 bits per heavy atom. The van der Waals surface area contributed by atoms with Gasteiger partial charge in [-0.1, -0.05) is 18.1 Å². The Labute approximate surface area is 165 Å². The number of nitrogens with zero attached hydrogens (tertiary/aromatic N) is 1. The number of carbonyl (C=O) groups excluding carboxylic acids is 1. The second-order valence-corrected chi connectivity index (χ2v) is 5.72. The summed E-state index contributed by atoms with van der Waals surface area (Å²) in [6.45, 7) is 8.68. The Morgan fingerprint density at radius 1 is 1.14 bits per heavy atom. The molecule has 0 aliphatic heterocycles. The van der Waals surface area contributed by atoms with Crippen molar-refractivity contribution in [3.63, 3.8) is 0 Å². The number of ether oxygens (including phenoxy) is 3. The molecule has 0 radical (unpaired) electrons. The fraction of sp³-hybridized carbons (Fsp3) is 0.632. The lowest BCUT2D eigenvalue weighted by atomic mass is 9.99. The van der Waals surface area contributed by atoms with Gasteiger partial charge in [0, 0.05) is 27.3 Å². The monoisotopic (exact) mass is 401 g/mol. The van der Waals surface area contributed by atoms with E-state index in [-0.39, 0.29) is 19.7 Å². The molecule has 0 aliphatic rings. The van der Waals surface area contributed by atoms with Gasteiger partial charge in [0.05, 0.1) is 13.2 Å². The fourth-order valence-corrected chi connectivity index (χ4v) is 2.35. The van der Waals surface area contributed by atoms with Crippen molar-refractivity contribution in [1.82, 2.24) is 4.90 Å². The van der Waals surface area contributed by atoms with Crippen LogP contribution in [-0.4, -0.2) is 102 Å². The van der Waals surface area contributed by atoms with Crippen LogP contribution in [0.5, 0.6) is 0 Å². The molecule has 0 saturated carbocycles. The van der Waals surface area contributed by atoms with Crippen molar-refractivity contribution in [3.05, 3.63) is 25.3 Å². The molecule has 1 unspecified atom stereocenters. The molecule has 0 aliphatic carbocycles. The summed E-state index contributed by atoms with van der Waals surface area (Å²) >= 11 is 0. The molecule has 0 saturated heterocycles. The zero-order valence-electron chi connectivity index (χ0n) is 16.6. The third-order valence-corrected chi connectivity index (χ3v) is 3.88. The molecule has 0 amide bonds. The molecule has 0 aromatic carbocycles. The SMILES string of the molecule is C=CCN(CC=C)C(C#CC(OC)(OC)C(=O)OCC)[C@@H](O)[C@H](O)[C@H](O)CO. The molecule has 0 rings (SSSR count). The van der Waals surface area contributed by atoms with Crippen LogP contribution < -0.4 is 0 Å². The van der Waals surface area contributed by atoms with Gasteiger partial charge in [-0.25, -0.2) is 4.79 Å². The molecule has 4 N–H and O–H groups in total. The highest BCUT2D eigenvalue weighted by atomic mass is 16.7. The maximum atomic E-state index is 12.2. The second kappa shape index (κ2) is 13.4. The minimum absolute atomic E-state index is 0.0709. The molecule has 0 aromatic heterocycles.